The summed E-state index contributed by atoms with van der Waals surface area (Å²) in [5.41, 5.74) is 0.330. The summed E-state index contributed by atoms with van der Waals surface area (Å²) in [5.74, 6) is -4.18. The normalized spacial score (nSPS) is 17.4. The molecule has 1 aliphatic rings. The van der Waals surface area contributed by atoms with Gasteiger partial charge in [0.25, 0.3) is 23.4 Å². The molecular weight excluding hydrogens is 472 g/mol. The third-order valence-electron chi connectivity index (χ3n) is 5.45. The van der Waals surface area contributed by atoms with E-state index >= 15 is 0 Å². The number of carbonyl (C=O) groups excluding carboxylic acids is 4. The summed E-state index contributed by atoms with van der Waals surface area (Å²) in [4.78, 5) is 52.8. The summed E-state index contributed by atoms with van der Waals surface area (Å²) in [7, 11) is 0. The molecule has 0 bridgehead atoms. The predicted molar refractivity (Wildman–Crippen MR) is 121 cm³/mol. The Morgan fingerprint density at radius 1 is 1.29 bits per heavy atom. The number of rotatable bonds is 8. The van der Waals surface area contributed by atoms with Crippen LogP contribution in [-0.2, 0) is 14.4 Å². The Hall–Kier alpha value is -3.21. The van der Waals surface area contributed by atoms with Crippen molar-refractivity contribution in [3.05, 3.63) is 35.8 Å². The van der Waals surface area contributed by atoms with Crippen LogP contribution in [0.25, 0.3) is 10.9 Å². The van der Waals surface area contributed by atoms with Gasteiger partial charge in [0.05, 0.1) is 12.5 Å². The van der Waals surface area contributed by atoms with Crippen LogP contribution in [0.2, 0.25) is 0 Å². The number of benzene rings is 1. The lowest BCUT2D eigenvalue weighted by Gasteiger charge is -2.28. The van der Waals surface area contributed by atoms with Crippen molar-refractivity contribution in [2.75, 3.05) is 13.1 Å². The summed E-state index contributed by atoms with van der Waals surface area (Å²) in [6.07, 6.45) is 0.596. The van der Waals surface area contributed by atoms with Crippen LogP contribution >= 0.6 is 11.6 Å². The fourth-order valence-electron chi connectivity index (χ4n) is 3.74. The van der Waals surface area contributed by atoms with Gasteiger partial charge in [-0.3, -0.25) is 24.6 Å². The van der Waals surface area contributed by atoms with Gasteiger partial charge in [-0.2, -0.15) is 0 Å². The minimum Gasteiger partial charge on any atom is -0.356 e. The van der Waals surface area contributed by atoms with Crippen molar-refractivity contribution in [1.82, 2.24) is 26.1 Å². The van der Waals surface area contributed by atoms with Crippen LogP contribution in [-0.4, -0.2) is 58.4 Å². The highest BCUT2D eigenvalue weighted by molar-refractivity contribution is 6.29. The Morgan fingerprint density at radius 3 is 2.62 bits per heavy atom. The molecular formula is C22H26ClF2N5O4. The molecule has 0 radical (unpaired) electrons. The zero-order chi connectivity index (χ0) is 25.0. The van der Waals surface area contributed by atoms with Crippen LogP contribution in [0.15, 0.2) is 24.3 Å². The Morgan fingerprint density at radius 2 is 2.03 bits per heavy atom. The number of H-pyrrole nitrogens is 1. The number of amides is 4. The van der Waals surface area contributed by atoms with Gasteiger partial charge >= 0.3 is 0 Å². The lowest BCUT2D eigenvalue weighted by molar-refractivity contribution is -0.145. The Balaban J connectivity index is 1.76. The van der Waals surface area contributed by atoms with E-state index in [9.17, 15) is 28.0 Å². The number of halogens is 3. The second-order valence-electron chi connectivity index (χ2n) is 8.54. The summed E-state index contributed by atoms with van der Waals surface area (Å²) in [6, 6.07) is 4.59. The van der Waals surface area contributed by atoms with Gasteiger partial charge < -0.3 is 15.6 Å². The number of aromatic nitrogens is 1. The van der Waals surface area contributed by atoms with Gasteiger partial charge in [0.15, 0.2) is 0 Å². The van der Waals surface area contributed by atoms with Crippen molar-refractivity contribution >= 4 is 46.1 Å². The van der Waals surface area contributed by atoms with Crippen LogP contribution in [0.4, 0.5) is 8.78 Å². The van der Waals surface area contributed by atoms with Crippen LogP contribution in [0, 0.1) is 17.7 Å². The van der Waals surface area contributed by atoms with E-state index < -0.39 is 41.1 Å². The number of alkyl halides is 2. The molecule has 12 heteroatoms. The van der Waals surface area contributed by atoms with Crippen LogP contribution in [0.3, 0.4) is 0 Å². The van der Waals surface area contributed by atoms with E-state index in [1.807, 2.05) is 13.8 Å². The molecule has 0 saturated carbocycles. The van der Waals surface area contributed by atoms with Gasteiger partial charge in [-0.05, 0) is 37.0 Å². The van der Waals surface area contributed by atoms with E-state index in [2.05, 4.69) is 21.0 Å². The van der Waals surface area contributed by atoms with E-state index in [0.717, 1.165) is 0 Å². The topological polar surface area (TPSA) is 123 Å². The molecule has 1 saturated heterocycles. The molecule has 9 nitrogen and oxygen atoms in total. The molecule has 1 fully saturated rings. The molecule has 184 valence electrons. The summed E-state index contributed by atoms with van der Waals surface area (Å²) >= 11 is 5.29. The van der Waals surface area contributed by atoms with Crippen LogP contribution < -0.4 is 16.1 Å². The summed E-state index contributed by atoms with van der Waals surface area (Å²) in [5, 5.41) is 6.07. The number of nitrogens with one attached hydrogen (secondary N) is 4. The molecule has 1 aromatic heterocycles. The van der Waals surface area contributed by atoms with Gasteiger partial charge in [-0.25, -0.2) is 13.8 Å². The van der Waals surface area contributed by atoms with Crippen molar-refractivity contribution in [1.29, 1.82) is 0 Å². The first kappa shape index (κ1) is 25.4. The number of hydrazine groups is 1. The third kappa shape index (κ3) is 6.02. The Kier molecular flexibility index (Phi) is 8.08. The molecule has 1 aromatic carbocycles. The minimum atomic E-state index is -2.43. The molecule has 0 aliphatic carbocycles. The second kappa shape index (κ2) is 10.8. The molecule has 1 aliphatic heterocycles. The van der Waals surface area contributed by atoms with Gasteiger partial charge in [0, 0.05) is 17.4 Å². The zero-order valence-corrected chi connectivity index (χ0v) is 19.4. The minimum absolute atomic E-state index is 0.0390. The summed E-state index contributed by atoms with van der Waals surface area (Å²) in [6.45, 7) is 3.78. The van der Waals surface area contributed by atoms with Gasteiger partial charge in [0.1, 0.15) is 17.6 Å². The molecule has 2 aromatic rings. The average Bonchev–Trinajstić information content (AvgIpc) is 3.39. The first-order valence-electron chi connectivity index (χ1n) is 10.8. The maximum Gasteiger partial charge on any atom is 0.291 e. The highest BCUT2D eigenvalue weighted by Crippen LogP contribution is 2.19. The quantitative estimate of drug-likeness (QED) is 0.329. The van der Waals surface area contributed by atoms with E-state index in [0.29, 0.717) is 23.5 Å². The van der Waals surface area contributed by atoms with Crippen LogP contribution in [0.5, 0.6) is 0 Å². The maximum absolute atomic E-state index is 14.0. The standard InChI is InChI=1S/C22H26ClF2N5O4/c1-11(2)8-16(28-20(32)17-9-13-14(24)4-3-5-15(13)27-17)21(33)29-30(22(34)18(23)25)10-12-6-7-26-19(12)31/h3-5,9,11-12,16,18,27H,6-8,10H2,1-2H3,(H,26,31)(H,28,32)(H,29,33)/t12-,16-,18+/m0/s1. The number of nitrogens with zero attached hydrogens (tertiary/aromatic N) is 1. The van der Waals surface area contributed by atoms with Gasteiger partial charge in [-0.1, -0.05) is 31.5 Å². The summed E-state index contributed by atoms with van der Waals surface area (Å²) < 4.78 is 27.5. The van der Waals surface area contributed by atoms with Crippen molar-refractivity contribution in [3.8, 4) is 0 Å². The molecule has 3 rings (SSSR count). The van der Waals surface area contributed by atoms with E-state index in [-0.39, 0.29) is 35.9 Å². The SMILES string of the molecule is CC(C)C[C@H](NC(=O)c1cc2c(F)cccc2[nH]1)C(=O)NN(C[C@@H]1CCNC1=O)C(=O)[C@@H](F)Cl. The van der Waals surface area contributed by atoms with Crippen molar-refractivity contribution in [2.45, 2.75) is 38.4 Å². The Labute approximate surface area is 199 Å². The molecule has 0 spiro atoms. The van der Waals surface area contributed by atoms with Gasteiger partial charge in [-0.15, -0.1) is 0 Å². The number of hydrogen-bond donors (Lipinski definition) is 4. The molecule has 34 heavy (non-hydrogen) atoms. The molecule has 4 amide bonds. The maximum atomic E-state index is 14.0. The van der Waals surface area contributed by atoms with E-state index in [1.165, 1.54) is 18.2 Å². The van der Waals surface area contributed by atoms with Crippen molar-refractivity contribution < 1.29 is 28.0 Å². The molecule has 4 N–H and O–H groups in total. The monoisotopic (exact) mass is 497 g/mol. The smallest absolute Gasteiger partial charge is 0.291 e. The third-order valence-corrected chi connectivity index (χ3v) is 5.63. The lowest BCUT2D eigenvalue weighted by atomic mass is 10.0. The highest BCUT2D eigenvalue weighted by atomic mass is 35.5. The average molecular weight is 498 g/mol. The van der Waals surface area contributed by atoms with E-state index in [4.69, 9.17) is 11.6 Å². The predicted octanol–water partition coefficient (Wildman–Crippen LogP) is 1.98. The fourth-order valence-corrected chi connectivity index (χ4v) is 3.86. The first-order valence-corrected chi connectivity index (χ1v) is 11.3. The van der Waals surface area contributed by atoms with E-state index in [1.54, 1.807) is 6.07 Å². The van der Waals surface area contributed by atoms with Crippen molar-refractivity contribution in [3.63, 3.8) is 0 Å². The fraction of sp³-hybridized carbons (Fsp3) is 0.455. The number of fused-ring (bicyclic) bond motifs is 1. The highest BCUT2D eigenvalue weighted by Gasteiger charge is 2.33. The molecule has 2 heterocycles. The lowest BCUT2D eigenvalue weighted by Crippen LogP contribution is -2.57. The molecule has 0 unspecified atom stereocenters. The number of carbonyl (C=O) groups is 4. The Bertz CT molecular complexity index is 1090. The van der Waals surface area contributed by atoms with Crippen molar-refractivity contribution in [2.24, 2.45) is 11.8 Å². The zero-order valence-electron chi connectivity index (χ0n) is 18.7. The second-order valence-corrected chi connectivity index (χ2v) is 8.93. The van der Waals surface area contributed by atoms with Crippen LogP contribution in [0.1, 0.15) is 37.2 Å². The largest absolute Gasteiger partial charge is 0.356 e. The molecule has 3 atom stereocenters. The number of aromatic amines is 1. The number of hydrogen-bond acceptors (Lipinski definition) is 4. The van der Waals surface area contributed by atoms with Gasteiger partial charge in [0.2, 0.25) is 5.91 Å². The first-order chi connectivity index (χ1) is 16.1.